The number of nitrogens with one attached hydrogen (secondary N) is 1. The van der Waals surface area contributed by atoms with E-state index in [0.29, 0.717) is 0 Å². The lowest BCUT2D eigenvalue weighted by atomic mass is 9.73. The predicted molar refractivity (Wildman–Crippen MR) is 80.2 cm³/mol. The number of hydrogen-bond acceptors (Lipinski definition) is 3. The molecule has 0 radical (unpaired) electrons. The van der Waals surface area contributed by atoms with Crippen molar-refractivity contribution >= 4 is 15.9 Å². The van der Waals surface area contributed by atoms with Gasteiger partial charge in [0.25, 0.3) is 0 Å². The molecule has 5 heteroatoms. The maximum atomic E-state index is 5.88. The summed E-state index contributed by atoms with van der Waals surface area (Å²) in [5.41, 5.74) is 1.16. The van der Waals surface area contributed by atoms with E-state index in [4.69, 9.17) is 4.74 Å². The third kappa shape index (κ3) is 2.73. The van der Waals surface area contributed by atoms with Crippen LogP contribution in [0.5, 0.6) is 0 Å². The summed E-state index contributed by atoms with van der Waals surface area (Å²) in [6.07, 6.45) is 6.46. The van der Waals surface area contributed by atoms with E-state index in [1.807, 2.05) is 13.3 Å². The van der Waals surface area contributed by atoms with E-state index in [2.05, 4.69) is 44.9 Å². The minimum absolute atomic E-state index is 0.0654. The third-order valence-electron chi connectivity index (χ3n) is 4.08. The van der Waals surface area contributed by atoms with Gasteiger partial charge in [-0.2, -0.15) is 5.10 Å². The molecule has 1 aliphatic rings. The van der Waals surface area contributed by atoms with Gasteiger partial charge in [0.1, 0.15) is 0 Å². The highest BCUT2D eigenvalue weighted by Crippen LogP contribution is 2.46. The quantitative estimate of drug-likeness (QED) is 0.834. The van der Waals surface area contributed by atoms with Crippen LogP contribution in [0.4, 0.5) is 0 Å². The number of ether oxygens (including phenoxy) is 1. The lowest BCUT2D eigenvalue weighted by molar-refractivity contribution is -0.101. The van der Waals surface area contributed by atoms with E-state index in [0.717, 1.165) is 36.8 Å². The molecule has 0 aliphatic heterocycles. The van der Waals surface area contributed by atoms with Crippen molar-refractivity contribution in [3.8, 4) is 0 Å². The lowest BCUT2D eigenvalue weighted by Gasteiger charge is -2.47. The maximum absolute atomic E-state index is 5.88. The molecule has 1 atom stereocenters. The fourth-order valence-corrected chi connectivity index (χ4v) is 3.45. The van der Waals surface area contributed by atoms with E-state index in [1.54, 1.807) is 0 Å². The minimum Gasteiger partial charge on any atom is -0.376 e. The Morgan fingerprint density at radius 2 is 2.26 bits per heavy atom. The molecule has 0 aromatic carbocycles. The largest absolute Gasteiger partial charge is 0.376 e. The fraction of sp³-hybridized carbons (Fsp3) is 0.786. The van der Waals surface area contributed by atoms with Crippen molar-refractivity contribution in [3.05, 3.63) is 16.4 Å². The Bertz CT molecular complexity index is 409. The number of hydrogen-bond donors (Lipinski definition) is 1. The molecule has 0 bridgehead atoms. The van der Waals surface area contributed by atoms with Crippen LogP contribution >= 0.6 is 15.9 Å². The molecule has 1 heterocycles. The number of nitrogens with zero attached hydrogens (tertiary/aromatic N) is 2. The van der Waals surface area contributed by atoms with Gasteiger partial charge >= 0.3 is 0 Å². The first-order valence-corrected chi connectivity index (χ1v) is 7.97. The van der Waals surface area contributed by atoms with Gasteiger partial charge in [0.15, 0.2) is 0 Å². The van der Waals surface area contributed by atoms with Gasteiger partial charge in [-0.1, -0.05) is 13.8 Å². The molecule has 1 N–H and O–H groups in total. The molecule has 1 unspecified atom stereocenters. The van der Waals surface area contributed by atoms with E-state index in [1.165, 1.54) is 12.1 Å². The van der Waals surface area contributed by atoms with Crippen LogP contribution in [-0.4, -0.2) is 29.0 Å². The molecule has 0 spiro atoms. The minimum atomic E-state index is -0.0654. The zero-order valence-corrected chi connectivity index (χ0v) is 13.7. The first kappa shape index (κ1) is 15.0. The number of halogens is 1. The summed E-state index contributed by atoms with van der Waals surface area (Å²) < 4.78 is 9.06. The van der Waals surface area contributed by atoms with Gasteiger partial charge in [0.2, 0.25) is 0 Å². The molecule has 1 aliphatic carbocycles. The zero-order valence-electron chi connectivity index (χ0n) is 12.1. The molecule has 108 valence electrons. The molecule has 0 amide bonds. The molecule has 1 saturated carbocycles. The van der Waals surface area contributed by atoms with Crippen LogP contribution in [0.3, 0.4) is 0 Å². The molecule has 2 rings (SSSR count). The summed E-state index contributed by atoms with van der Waals surface area (Å²) in [6.45, 7) is 6.20. The van der Waals surface area contributed by atoms with Crippen molar-refractivity contribution in [1.82, 2.24) is 15.1 Å². The second-order valence-corrected chi connectivity index (χ2v) is 6.07. The van der Waals surface area contributed by atoms with Gasteiger partial charge in [-0.3, -0.25) is 4.68 Å². The van der Waals surface area contributed by atoms with Gasteiger partial charge in [0, 0.05) is 13.7 Å². The summed E-state index contributed by atoms with van der Waals surface area (Å²) in [4.78, 5) is 0. The predicted octanol–water partition coefficient (Wildman–Crippen LogP) is 3.28. The van der Waals surface area contributed by atoms with E-state index in [9.17, 15) is 0 Å². The second kappa shape index (κ2) is 6.37. The van der Waals surface area contributed by atoms with Crippen LogP contribution in [-0.2, 0) is 11.3 Å². The van der Waals surface area contributed by atoms with Gasteiger partial charge in [0.05, 0.1) is 28.0 Å². The van der Waals surface area contributed by atoms with Crippen molar-refractivity contribution in [3.63, 3.8) is 0 Å². The van der Waals surface area contributed by atoms with Crippen LogP contribution in [0.1, 0.15) is 51.3 Å². The van der Waals surface area contributed by atoms with Crippen molar-refractivity contribution in [2.75, 3.05) is 13.7 Å². The zero-order chi connectivity index (χ0) is 13.9. The van der Waals surface area contributed by atoms with Gasteiger partial charge in [-0.25, -0.2) is 0 Å². The summed E-state index contributed by atoms with van der Waals surface area (Å²) in [5.74, 6) is 0. The average Bonchev–Trinajstić information content (AvgIpc) is 2.69. The monoisotopic (exact) mass is 329 g/mol. The third-order valence-corrected chi connectivity index (χ3v) is 4.69. The summed E-state index contributed by atoms with van der Waals surface area (Å²) in [5, 5.41) is 8.09. The molecular formula is C14H24BrN3O. The average molecular weight is 330 g/mol. The Morgan fingerprint density at radius 3 is 2.74 bits per heavy atom. The van der Waals surface area contributed by atoms with Crippen molar-refractivity contribution in [2.45, 2.75) is 57.7 Å². The maximum Gasteiger partial charge on any atom is 0.0888 e. The first-order chi connectivity index (χ1) is 9.18. The number of aryl methyl sites for hydroxylation is 1. The Labute approximate surface area is 124 Å². The summed E-state index contributed by atoms with van der Waals surface area (Å²) in [7, 11) is 1.83. The van der Waals surface area contributed by atoms with E-state index >= 15 is 0 Å². The van der Waals surface area contributed by atoms with Crippen molar-refractivity contribution in [2.24, 2.45) is 0 Å². The molecule has 1 fully saturated rings. The number of methoxy groups -OCH3 is 1. The highest BCUT2D eigenvalue weighted by molar-refractivity contribution is 9.10. The molecule has 0 saturated heterocycles. The standard InChI is InChI=1S/C14H24BrN3O/c1-4-9-18-12(11(15)10-17-18)13(16-5-2)14(19-3)7-6-8-14/h10,13,16H,4-9H2,1-3H3. The first-order valence-electron chi connectivity index (χ1n) is 7.18. The number of aromatic nitrogens is 2. The van der Waals surface area contributed by atoms with E-state index in [-0.39, 0.29) is 11.6 Å². The Balaban J connectivity index is 2.35. The van der Waals surface area contributed by atoms with Crippen LogP contribution < -0.4 is 5.32 Å². The van der Waals surface area contributed by atoms with Crippen LogP contribution in [0.25, 0.3) is 0 Å². The Morgan fingerprint density at radius 1 is 1.53 bits per heavy atom. The lowest BCUT2D eigenvalue weighted by Crippen LogP contribution is -2.51. The fourth-order valence-electron chi connectivity index (χ4n) is 2.92. The highest BCUT2D eigenvalue weighted by atomic mass is 79.9. The van der Waals surface area contributed by atoms with Gasteiger partial charge in [-0.05, 0) is 48.2 Å². The summed E-state index contributed by atoms with van der Waals surface area (Å²) >= 11 is 3.65. The van der Waals surface area contributed by atoms with Crippen LogP contribution in [0.15, 0.2) is 10.7 Å². The Hall–Kier alpha value is -0.390. The molecule has 1 aromatic heterocycles. The van der Waals surface area contributed by atoms with Crippen LogP contribution in [0, 0.1) is 0 Å². The molecule has 1 aromatic rings. The highest BCUT2D eigenvalue weighted by Gasteiger charge is 2.46. The molecule has 4 nitrogen and oxygen atoms in total. The topological polar surface area (TPSA) is 39.1 Å². The number of likely N-dealkylation sites (N-methyl/N-ethyl adjacent to an activating group) is 1. The van der Waals surface area contributed by atoms with Gasteiger partial charge in [-0.15, -0.1) is 0 Å². The van der Waals surface area contributed by atoms with Gasteiger partial charge < -0.3 is 10.1 Å². The van der Waals surface area contributed by atoms with Crippen LogP contribution in [0.2, 0.25) is 0 Å². The normalized spacial score (nSPS) is 19.2. The smallest absolute Gasteiger partial charge is 0.0888 e. The summed E-state index contributed by atoms with van der Waals surface area (Å²) in [6, 6.07) is 0.208. The number of rotatable bonds is 7. The SMILES string of the molecule is CCCn1ncc(Br)c1C(NCC)C1(OC)CCC1. The molecular weight excluding hydrogens is 306 g/mol. The second-order valence-electron chi connectivity index (χ2n) is 5.21. The van der Waals surface area contributed by atoms with Crippen molar-refractivity contribution < 1.29 is 4.74 Å². The Kier molecular flexibility index (Phi) is 5.03. The van der Waals surface area contributed by atoms with Crippen molar-refractivity contribution in [1.29, 1.82) is 0 Å². The molecule has 19 heavy (non-hydrogen) atoms. The van der Waals surface area contributed by atoms with E-state index < -0.39 is 0 Å².